The van der Waals surface area contributed by atoms with Crippen molar-refractivity contribution in [1.82, 2.24) is 25.4 Å². The molecule has 1 aromatic carbocycles. The van der Waals surface area contributed by atoms with E-state index in [0.717, 1.165) is 35.7 Å². The van der Waals surface area contributed by atoms with Crippen LogP contribution in [0.3, 0.4) is 0 Å². The fourth-order valence-corrected chi connectivity index (χ4v) is 2.38. The van der Waals surface area contributed by atoms with Crippen molar-refractivity contribution in [2.45, 2.75) is 12.8 Å². The molecule has 6 nitrogen and oxygen atoms in total. The maximum Gasteiger partial charge on any atom is 0.261 e. The number of benzene rings is 1. The zero-order valence-electron chi connectivity index (χ0n) is 12.2. The van der Waals surface area contributed by atoms with Crippen LogP contribution in [0.1, 0.15) is 17.4 Å². The molecule has 1 fully saturated rings. The number of nitrogens with one attached hydrogen (secondary N) is 1. The van der Waals surface area contributed by atoms with Gasteiger partial charge in [0.25, 0.3) is 5.89 Å². The Morgan fingerprint density at radius 3 is 2.64 bits per heavy atom. The van der Waals surface area contributed by atoms with Gasteiger partial charge in [-0.25, -0.2) is 9.97 Å². The fraction of sp³-hybridized carbons (Fsp3) is 0.250. The molecule has 0 aliphatic carbocycles. The quantitative estimate of drug-likeness (QED) is 0.797. The van der Waals surface area contributed by atoms with Crippen LogP contribution in [-0.4, -0.2) is 33.2 Å². The first-order valence-electron chi connectivity index (χ1n) is 7.25. The van der Waals surface area contributed by atoms with Gasteiger partial charge >= 0.3 is 0 Å². The van der Waals surface area contributed by atoms with E-state index in [9.17, 15) is 0 Å². The van der Waals surface area contributed by atoms with Gasteiger partial charge in [0.1, 0.15) is 0 Å². The summed E-state index contributed by atoms with van der Waals surface area (Å²) >= 11 is 0. The van der Waals surface area contributed by atoms with E-state index in [-0.39, 0.29) is 0 Å². The van der Waals surface area contributed by atoms with Crippen molar-refractivity contribution in [3.63, 3.8) is 0 Å². The van der Waals surface area contributed by atoms with E-state index in [1.807, 2.05) is 37.3 Å². The number of hydrogen-bond donors (Lipinski definition) is 1. The number of aromatic nitrogens is 4. The van der Waals surface area contributed by atoms with Crippen LogP contribution in [-0.2, 0) is 0 Å². The van der Waals surface area contributed by atoms with E-state index in [1.165, 1.54) is 0 Å². The Hall–Kier alpha value is -2.60. The molecule has 0 unspecified atom stereocenters. The molecule has 0 spiro atoms. The van der Waals surface area contributed by atoms with Crippen molar-refractivity contribution >= 4 is 0 Å². The molecule has 0 atom stereocenters. The number of aryl methyl sites for hydroxylation is 1. The molecule has 0 saturated carbocycles. The highest BCUT2D eigenvalue weighted by molar-refractivity contribution is 5.60. The van der Waals surface area contributed by atoms with Crippen molar-refractivity contribution in [1.29, 1.82) is 0 Å². The standard InChI is InChI=1S/C16H15N5O/c1-10-13(16-20-15(21-22-16)12-7-17-8-12)9-18-14(19-10)11-5-3-2-4-6-11/h2-6,9,12,17H,7-8H2,1H3. The van der Waals surface area contributed by atoms with Crippen molar-refractivity contribution < 1.29 is 4.52 Å². The fourth-order valence-electron chi connectivity index (χ4n) is 2.38. The Bertz CT molecular complexity index is 795. The molecule has 3 heterocycles. The maximum atomic E-state index is 5.37. The Kier molecular flexibility index (Phi) is 3.16. The van der Waals surface area contributed by atoms with Gasteiger partial charge in [0.2, 0.25) is 0 Å². The third-order valence-corrected chi connectivity index (χ3v) is 3.83. The minimum Gasteiger partial charge on any atom is -0.334 e. The molecular weight excluding hydrogens is 278 g/mol. The van der Waals surface area contributed by atoms with Gasteiger partial charge in [-0.3, -0.25) is 0 Å². The second-order valence-corrected chi connectivity index (χ2v) is 5.37. The van der Waals surface area contributed by atoms with Crippen LogP contribution >= 0.6 is 0 Å². The number of rotatable bonds is 3. The van der Waals surface area contributed by atoms with Crippen LogP contribution in [0, 0.1) is 6.92 Å². The SMILES string of the molecule is Cc1nc(-c2ccccc2)ncc1-c1nc(C2CNC2)no1. The van der Waals surface area contributed by atoms with Crippen LogP contribution in [0.2, 0.25) is 0 Å². The van der Waals surface area contributed by atoms with Crippen LogP contribution in [0.25, 0.3) is 22.8 Å². The number of nitrogens with zero attached hydrogens (tertiary/aromatic N) is 4. The Morgan fingerprint density at radius 1 is 1.14 bits per heavy atom. The van der Waals surface area contributed by atoms with Gasteiger partial charge in [-0.1, -0.05) is 35.5 Å². The molecule has 3 aromatic rings. The first-order valence-corrected chi connectivity index (χ1v) is 7.25. The predicted octanol–water partition coefficient (Wildman–Crippen LogP) is 2.19. The lowest BCUT2D eigenvalue weighted by Crippen LogP contribution is -2.40. The molecule has 0 bridgehead atoms. The summed E-state index contributed by atoms with van der Waals surface area (Å²) in [6.07, 6.45) is 1.75. The van der Waals surface area contributed by atoms with E-state index >= 15 is 0 Å². The zero-order valence-corrected chi connectivity index (χ0v) is 12.2. The van der Waals surface area contributed by atoms with Crippen LogP contribution < -0.4 is 5.32 Å². The van der Waals surface area contributed by atoms with Gasteiger partial charge in [-0.2, -0.15) is 4.98 Å². The van der Waals surface area contributed by atoms with Crippen molar-refractivity contribution in [3.05, 3.63) is 48.0 Å². The van der Waals surface area contributed by atoms with Gasteiger partial charge in [0.05, 0.1) is 11.3 Å². The lowest BCUT2D eigenvalue weighted by molar-refractivity contribution is 0.382. The topological polar surface area (TPSA) is 76.7 Å². The second-order valence-electron chi connectivity index (χ2n) is 5.37. The van der Waals surface area contributed by atoms with Crippen LogP contribution in [0.4, 0.5) is 0 Å². The summed E-state index contributed by atoms with van der Waals surface area (Å²) in [6.45, 7) is 3.74. The summed E-state index contributed by atoms with van der Waals surface area (Å²) < 4.78 is 5.37. The summed E-state index contributed by atoms with van der Waals surface area (Å²) in [5.74, 6) is 2.28. The molecule has 4 rings (SSSR count). The summed E-state index contributed by atoms with van der Waals surface area (Å²) in [7, 11) is 0. The predicted molar refractivity (Wildman–Crippen MR) is 81.1 cm³/mol. The molecule has 110 valence electrons. The highest BCUT2D eigenvalue weighted by Crippen LogP contribution is 2.25. The number of hydrogen-bond acceptors (Lipinski definition) is 6. The molecule has 1 N–H and O–H groups in total. The van der Waals surface area contributed by atoms with Crippen molar-refractivity contribution in [2.24, 2.45) is 0 Å². The van der Waals surface area contributed by atoms with Crippen LogP contribution in [0.5, 0.6) is 0 Å². The second kappa shape index (κ2) is 5.31. The molecule has 2 aromatic heterocycles. The van der Waals surface area contributed by atoms with E-state index in [4.69, 9.17) is 4.52 Å². The first-order chi connectivity index (χ1) is 10.8. The van der Waals surface area contributed by atoms with E-state index in [0.29, 0.717) is 17.6 Å². The lowest BCUT2D eigenvalue weighted by Gasteiger charge is -2.23. The van der Waals surface area contributed by atoms with Gasteiger partial charge in [-0.15, -0.1) is 0 Å². The molecule has 1 aliphatic heterocycles. The third kappa shape index (κ3) is 2.27. The van der Waals surface area contributed by atoms with Gasteiger partial charge in [0.15, 0.2) is 11.6 Å². The molecule has 0 radical (unpaired) electrons. The average molecular weight is 293 g/mol. The summed E-state index contributed by atoms with van der Waals surface area (Å²) in [5.41, 5.74) is 2.60. The highest BCUT2D eigenvalue weighted by atomic mass is 16.5. The summed E-state index contributed by atoms with van der Waals surface area (Å²) in [5, 5.41) is 7.25. The average Bonchev–Trinajstić information content (AvgIpc) is 2.95. The largest absolute Gasteiger partial charge is 0.334 e. The summed E-state index contributed by atoms with van der Waals surface area (Å²) in [4.78, 5) is 13.4. The molecule has 22 heavy (non-hydrogen) atoms. The Labute approximate surface area is 127 Å². The zero-order chi connectivity index (χ0) is 14.9. The smallest absolute Gasteiger partial charge is 0.261 e. The van der Waals surface area contributed by atoms with Crippen molar-refractivity contribution in [3.8, 4) is 22.8 Å². The van der Waals surface area contributed by atoms with Gasteiger partial charge < -0.3 is 9.84 Å². The normalized spacial score (nSPS) is 14.8. The molecular formula is C16H15N5O. The summed E-state index contributed by atoms with van der Waals surface area (Å²) in [6, 6.07) is 9.89. The molecule has 1 saturated heterocycles. The highest BCUT2D eigenvalue weighted by Gasteiger charge is 2.25. The minimum atomic E-state index is 0.349. The molecule has 6 heteroatoms. The maximum absolute atomic E-state index is 5.37. The monoisotopic (exact) mass is 293 g/mol. The Balaban J connectivity index is 1.66. The van der Waals surface area contributed by atoms with E-state index in [1.54, 1.807) is 6.20 Å². The molecule has 0 amide bonds. The van der Waals surface area contributed by atoms with Crippen molar-refractivity contribution in [2.75, 3.05) is 13.1 Å². The third-order valence-electron chi connectivity index (χ3n) is 3.83. The van der Waals surface area contributed by atoms with Crippen LogP contribution in [0.15, 0.2) is 41.1 Å². The Morgan fingerprint density at radius 2 is 1.95 bits per heavy atom. The van der Waals surface area contributed by atoms with Gasteiger partial charge in [-0.05, 0) is 6.92 Å². The molecule has 1 aliphatic rings. The minimum absolute atomic E-state index is 0.349. The van der Waals surface area contributed by atoms with E-state index < -0.39 is 0 Å². The lowest BCUT2D eigenvalue weighted by atomic mass is 10.0. The van der Waals surface area contributed by atoms with Gasteiger partial charge in [0, 0.05) is 30.8 Å². The van der Waals surface area contributed by atoms with E-state index in [2.05, 4.69) is 25.4 Å². The first kappa shape index (κ1) is 13.1.